The Morgan fingerprint density at radius 3 is 2.62 bits per heavy atom. The molecule has 1 N–H and O–H groups in total. The molecule has 0 bridgehead atoms. The van der Waals surface area contributed by atoms with Crippen molar-refractivity contribution in [2.75, 3.05) is 13.2 Å². The number of benzene rings is 1. The quantitative estimate of drug-likeness (QED) is 0.791. The van der Waals surface area contributed by atoms with E-state index in [-0.39, 0.29) is 0 Å². The van der Waals surface area contributed by atoms with Gasteiger partial charge >= 0.3 is 0 Å². The molecular formula is C18H29NO2. The van der Waals surface area contributed by atoms with Gasteiger partial charge in [-0.15, -0.1) is 0 Å². The summed E-state index contributed by atoms with van der Waals surface area (Å²) in [5.41, 5.74) is 1.29. The lowest BCUT2D eigenvalue weighted by molar-refractivity contribution is 0.0832. The average Bonchev–Trinajstić information content (AvgIpc) is 3.00. The van der Waals surface area contributed by atoms with Gasteiger partial charge in [-0.3, -0.25) is 0 Å². The summed E-state index contributed by atoms with van der Waals surface area (Å²) in [4.78, 5) is 0. The Bertz CT molecular complexity index is 396. The molecule has 0 aliphatic carbocycles. The number of rotatable bonds is 8. The topological polar surface area (TPSA) is 30.5 Å². The van der Waals surface area contributed by atoms with E-state index in [0.29, 0.717) is 18.1 Å². The minimum Gasteiger partial charge on any atom is -0.494 e. The molecule has 1 aromatic carbocycles. The number of hydrogen-bond acceptors (Lipinski definition) is 3. The normalized spacial score (nSPS) is 19.9. The maximum absolute atomic E-state index is 5.74. The van der Waals surface area contributed by atoms with Crippen LogP contribution in [0.2, 0.25) is 0 Å². The summed E-state index contributed by atoms with van der Waals surface area (Å²) in [6.07, 6.45) is 3.85. The second-order valence-electron chi connectivity index (χ2n) is 6.40. The van der Waals surface area contributed by atoms with Crippen LogP contribution in [0.3, 0.4) is 0 Å². The van der Waals surface area contributed by atoms with Gasteiger partial charge < -0.3 is 14.8 Å². The lowest BCUT2D eigenvalue weighted by Crippen LogP contribution is -2.36. The van der Waals surface area contributed by atoms with Gasteiger partial charge in [-0.2, -0.15) is 0 Å². The lowest BCUT2D eigenvalue weighted by atomic mass is 10.1. The highest BCUT2D eigenvalue weighted by Crippen LogP contribution is 2.17. The van der Waals surface area contributed by atoms with E-state index in [0.717, 1.165) is 31.9 Å². The third-order valence-corrected chi connectivity index (χ3v) is 4.04. The van der Waals surface area contributed by atoms with Gasteiger partial charge in [0.25, 0.3) is 0 Å². The van der Waals surface area contributed by atoms with Crippen LogP contribution in [0.1, 0.15) is 45.6 Å². The van der Waals surface area contributed by atoms with Crippen molar-refractivity contribution >= 4 is 0 Å². The predicted octanol–water partition coefficient (Wildman–Crippen LogP) is 3.77. The van der Waals surface area contributed by atoms with Gasteiger partial charge in [-0.1, -0.05) is 26.0 Å². The molecule has 1 aliphatic heterocycles. The zero-order valence-corrected chi connectivity index (χ0v) is 13.6. The summed E-state index contributed by atoms with van der Waals surface area (Å²) >= 11 is 0. The van der Waals surface area contributed by atoms with Crippen LogP contribution in [0.5, 0.6) is 5.75 Å². The van der Waals surface area contributed by atoms with Gasteiger partial charge in [-0.05, 0) is 49.8 Å². The smallest absolute Gasteiger partial charge is 0.119 e. The monoisotopic (exact) mass is 291 g/mol. The lowest BCUT2D eigenvalue weighted by Gasteiger charge is -2.20. The second-order valence-corrected chi connectivity index (χ2v) is 6.40. The maximum Gasteiger partial charge on any atom is 0.119 e. The van der Waals surface area contributed by atoms with Gasteiger partial charge in [0.15, 0.2) is 0 Å². The van der Waals surface area contributed by atoms with Crippen molar-refractivity contribution in [3.63, 3.8) is 0 Å². The van der Waals surface area contributed by atoms with Crippen LogP contribution >= 0.6 is 0 Å². The first kappa shape index (κ1) is 16.3. The molecule has 0 spiro atoms. The number of ether oxygens (including phenoxy) is 2. The zero-order valence-electron chi connectivity index (χ0n) is 13.6. The molecule has 1 aliphatic rings. The van der Waals surface area contributed by atoms with Crippen molar-refractivity contribution in [1.29, 1.82) is 0 Å². The average molecular weight is 291 g/mol. The van der Waals surface area contributed by atoms with Gasteiger partial charge in [0, 0.05) is 19.2 Å². The first-order valence-electron chi connectivity index (χ1n) is 8.22. The molecule has 3 heteroatoms. The molecule has 0 aromatic heterocycles. The minimum atomic E-state index is 0.378. The largest absolute Gasteiger partial charge is 0.494 e. The van der Waals surface area contributed by atoms with Crippen molar-refractivity contribution in [2.24, 2.45) is 5.92 Å². The van der Waals surface area contributed by atoms with Crippen molar-refractivity contribution in [3.8, 4) is 5.75 Å². The van der Waals surface area contributed by atoms with Gasteiger partial charge in [0.05, 0.1) is 12.7 Å². The summed E-state index contributed by atoms with van der Waals surface area (Å²) in [5, 5.41) is 3.55. The summed E-state index contributed by atoms with van der Waals surface area (Å²) in [6.45, 7) is 9.23. The fraction of sp³-hybridized carbons (Fsp3) is 0.667. The molecule has 2 unspecified atom stereocenters. The Hall–Kier alpha value is -1.06. The van der Waals surface area contributed by atoms with E-state index < -0.39 is 0 Å². The maximum atomic E-state index is 5.74. The van der Waals surface area contributed by atoms with Crippen LogP contribution in [0.15, 0.2) is 24.3 Å². The second kappa shape index (κ2) is 8.40. The van der Waals surface area contributed by atoms with Crippen molar-refractivity contribution in [1.82, 2.24) is 5.32 Å². The van der Waals surface area contributed by atoms with E-state index in [2.05, 4.69) is 50.4 Å². The van der Waals surface area contributed by atoms with E-state index in [9.17, 15) is 0 Å². The summed E-state index contributed by atoms with van der Waals surface area (Å²) < 4.78 is 11.4. The van der Waals surface area contributed by atoms with E-state index in [1.807, 2.05) is 0 Å². The molecule has 0 amide bonds. The standard InChI is InChI=1S/C18H29NO2/c1-14(2)10-12-20-17-8-6-16(7-9-17)13-19-15(3)18-5-4-11-21-18/h6-9,14-15,18-19H,4-5,10-13H2,1-3H3. The summed E-state index contributed by atoms with van der Waals surface area (Å²) in [5.74, 6) is 1.65. The Kier molecular flexibility index (Phi) is 6.52. The molecule has 21 heavy (non-hydrogen) atoms. The van der Waals surface area contributed by atoms with E-state index in [1.54, 1.807) is 0 Å². The van der Waals surface area contributed by atoms with Crippen molar-refractivity contribution in [3.05, 3.63) is 29.8 Å². The highest BCUT2D eigenvalue weighted by molar-refractivity contribution is 5.27. The summed E-state index contributed by atoms with van der Waals surface area (Å²) in [6, 6.07) is 8.82. The molecule has 118 valence electrons. The predicted molar refractivity (Wildman–Crippen MR) is 86.7 cm³/mol. The van der Waals surface area contributed by atoms with E-state index in [4.69, 9.17) is 9.47 Å². The van der Waals surface area contributed by atoms with Crippen molar-refractivity contribution < 1.29 is 9.47 Å². The fourth-order valence-corrected chi connectivity index (χ4v) is 2.52. The Morgan fingerprint density at radius 1 is 1.24 bits per heavy atom. The van der Waals surface area contributed by atoms with Crippen LogP contribution in [-0.2, 0) is 11.3 Å². The Labute approximate surface area is 129 Å². The van der Waals surface area contributed by atoms with Crippen molar-refractivity contribution in [2.45, 2.75) is 58.7 Å². The first-order valence-corrected chi connectivity index (χ1v) is 8.22. The fourth-order valence-electron chi connectivity index (χ4n) is 2.52. The molecule has 0 radical (unpaired) electrons. The minimum absolute atomic E-state index is 0.378. The molecule has 2 atom stereocenters. The van der Waals surface area contributed by atoms with Crippen LogP contribution in [-0.4, -0.2) is 25.4 Å². The molecule has 3 nitrogen and oxygen atoms in total. The van der Waals surface area contributed by atoms with Gasteiger partial charge in [-0.25, -0.2) is 0 Å². The van der Waals surface area contributed by atoms with Crippen LogP contribution in [0.25, 0.3) is 0 Å². The van der Waals surface area contributed by atoms with Crippen LogP contribution in [0.4, 0.5) is 0 Å². The molecule has 1 saturated heterocycles. The third kappa shape index (κ3) is 5.68. The number of nitrogens with one attached hydrogen (secondary N) is 1. The molecule has 1 fully saturated rings. The van der Waals surface area contributed by atoms with Gasteiger partial charge in [0.2, 0.25) is 0 Å². The van der Waals surface area contributed by atoms with E-state index in [1.165, 1.54) is 18.4 Å². The Morgan fingerprint density at radius 2 is 2.00 bits per heavy atom. The zero-order chi connectivity index (χ0) is 15.1. The molecule has 2 rings (SSSR count). The first-order chi connectivity index (χ1) is 10.1. The third-order valence-electron chi connectivity index (χ3n) is 4.04. The van der Waals surface area contributed by atoms with Crippen LogP contribution in [0, 0.1) is 5.92 Å². The van der Waals surface area contributed by atoms with E-state index >= 15 is 0 Å². The summed E-state index contributed by atoms with van der Waals surface area (Å²) in [7, 11) is 0. The van der Waals surface area contributed by atoms with Crippen LogP contribution < -0.4 is 10.1 Å². The molecule has 1 aromatic rings. The highest BCUT2D eigenvalue weighted by atomic mass is 16.5. The Balaban J connectivity index is 1.71. The number of hydrogen-bond donors (Lipinski definition) is 1. The molecular weight excluding hydrogens is 262 g/mol. The van der Waals surface area contributed by atoms with Gasteiger partial charge in [0.1, 0.15) is 5.75 Å². The molecule has 0 saturated carbocycles. The highest BCUT2D eigenvalue weighted by Gasteiger charge is 2.21. The molecule has 1 heterocycles. The SMILES string of the molecule is CC(C)CCOc1ccc(CNC(C)C2CCCO2)cc1.